The van der Waals surface area contributed by atoms with Gasteiger partial charge < -0.3 is 29.4 Å². The van der Waals surface area contributed by atoms with Crippen molar-refractivity contribution in [3.05, 3.63) is 292 Å². The molecule has 0 saturated heterocycles. The fraction of sp³-hybridized carbons (Fsp3) is 0.364. The number of benzene rings is 12. The molecule has 6 heterocycles. The van der Waals surface area contributed by atoms with Crippen molar-refractivity contribution in [3.8, 4) is 0 Å². The quantitative estimate of drug-likeness (QED) is 0.0267. The highest BCUT2D eigenvalue weighted by atomic mass is 32.2. The maximum absolute atomic E-state index is 4.24. The van der Waals surface area contributed by atoms with Crippen molar-refractivity contribution in [2.45, 2.75) is 331 Å². The molecule has 6 aliphatic rings. The lowest BCUT2D eigenvalue weighted by atomic mass is 10.1. The predicted octanol–water partition coefficient (Wildman–Crippen LogP) is 43.0. The number of para-hydroxylation sites is 1. The fourth-order valence-electron chi connectivity index (χ4n) is 21.4. The lowest BCUT2D eigenvalue weighted by molar-refractivity contribution is 0.608. The molecule has 0 aromatic heterocycles. The van der Waals surface area contributed by atoms with E-state index in [1.165, 1.54) is 419 Å². The third-order valence-electron chi connectivity index (χ3n) is 29.5. The number of anilines is 12. The monoisotopic (exact) mass is 2010 g/mol. The zero-order chi connectivity index (χ0) is 98.6. The second-order valence-corrected chi connectivity index (χ2v) is 46.9. The average molecular weight is 2020 g/mol. The van der Waals surface area contributed by atoms with Gasteiger partial charge in [-0.3, -0.25) is 0 Å². The van der Waals surface area contributed by atoms with E-state index in [0.717, 1.165) is 39.3 Å². The van der Waals surface area contributed by atoms with E-state index in [1.54, 1.807) is 0 Å². The maximum Gasteiger partial charge on any atom is 0.0558 e. The minimum Gasteiger partial charge on any atom is -0.340 e. The Balaban J connectivity index is 0.565. The number of hydrogen-bond donors (Lipinski definition) is 0. The first-order chi connectivity index (χ1) is 71.1. The van der Waals surface area contributed by atoms with Crippen LogP contribution < -0.4 is 29.4 Å². The summed E-state index contributed by atoms with van der Waals surface area (Å²) in [6, 6.07) is 87.4. The van der Waals surface area contributed by atoms with Crippen LogP contribution in [-0.2, 0) is 0 Å². The third kappa shape index (κ3) is 26.6. The Kier molecular flexibility index (Phi) is 38.3. The number of nitrogens with zero attached hydrogens (tertiary/aromatic N) is 6. The van der Waals surface area contributed by atoms with Crippen LogP contribution in [0, 0.1) is 0 Å². The van der Waals surface area contributed by atoms with Crippen LogP contribution in [0.2, 0.25) is 0 Å². The normalized spacial score (nSPS) is 13.7. The van der Waals surface area contributed by atoms with E-state index in [2.05, 4.69) is 363 Å². The molecule has 6 nitrogen and oxygen atoms in total. The number of rotatable bonds is 53. The summed E-state index contributed by atoms with van der Waals surface area (Å²) < 4.78 is 0. The summed E-state index contributed by atoms with van der Waals surface area (Å²) in [6.07, 6.45) is 71.3. The maximum atomic E-state index is 4.24. The summed E-state index contributed by atoms with van der Waals surface area (Å²) >= 11 is 11.6. The van der Waals surface area contributed by atoms with Crippen LogP contribution in [0.3, 0.4) is 0 Å². The zero-order valence-corrected chi connectivity index (χ0v) is 91.7. The van der Waals surface area contributed by atoms with Gasteiger partial charge in [-0.1, -0.05) is 463 Å². The van der Waals surface area contributed by atoms with E-state index in [4.69, 9.17) is 0 Å². The smallest absolute Gasteiger partial charge is 0.0558 e. The Bertz CT molecular complexity index is 6440. The molecule has 12 heteroatoms. The summed E-state index contributed by atoms with van der Waals surface area (Å²) in [7, 11) is 0. The van der Waals surface area contributed by atoms with Crippen LogP contribution in [-0.4, -0.2) is 39.3 Å². The van der Waals surface area contributed by atoms with E-state index in [-0.39, 0.29) is 0 Å². The standard InChI is InChI=1S/C132H152N6S6/c1-8-15-21-27-33-41-82-133-109-49-39-40-51-121(109)139-122-88-98(62-72-110(122)133)52-53-99-63-73-111-123(89-99)140-124-90-100(64-74-112(124)134(111)83-42-34-28-22-16-9-2)54-55-101-65-75-113-125(91-101)141-126-92-102(66-76-114(126)135(113)84-43-35-29-23-17-10-3)56-57-103-67-77-115-127(93-103)142-128-94-104(68-78-116(128)136(115)85-44-36-30-24-18-11-4)58-59-105-69-79-117-129(95-105)143-130-96-106(70-80-118(130)137(117)86-45-37-31-25-19-12-5)60-61-107-71-81-119-131(97-107)144-132-108(14-7)48-47-50-120(132)138(119)87-46-38-32-26-20-13-6/h14,39-40,47-81,88-97H,7-13,15-38,41-46,82-87H2,1-6H3/b53-52+,55-54+,57-56+,59-58+,61-60+. The van der Waals surface area contributed by atoms with Crippen LogP contribution in [0.5, 0.6) is 0 Å². The van der Waals surface area contributed by atoms with Gasteiger partial charge in [0.25, 0.3) is 0 Å². The number of unbranched alkanes of at least 4 members (excludes halogenated alkanes) is 30. The molecule has 0 atom stereocenters. The van der Waals surface area contributed by atoms with Crippen LogP contribution >= 0.6 is 70.6 Å². The lowest BCUT2D eigenvalue weighted by Gasteiger charge is -2.34. The van der Waals surface area contributed by atoms with Crippen molar-refractivity contribution in [1.29, 1.82) is 0 Å². The molecule has 0 N–H and O–H groups in total. The summed E-state index contributed by atoms with van der Waals surface area (Å²) in [5.41, 5.74) is 29.3. The molecule has 18 rings (SSSR count). The lowest BCUT2D eigenvalue weighted by Crippen LogP contribution is -2.22. The van der Waals surface area contributed by atoms with Gasteiger partial charge >= 0.3 is 0 Å². The first kappa shape index (κ1) is 104. The second-order valence-electron chi connectivity index (χ2n) is 40.4. The van der Waals surface area contributed by atoms with E-state index in [1.807, 2.05) is 76.6 Å². The highest BCUT2D eigenvalue weighted by Crippen LogP contribution is 2.57. The molecule has 746 valence electrons. The Morgan fingerprint density at radius 1 is 0.174 bits per heavy atom. The molecular weight excluding hydrogens is 1860 g/mol. The molecule has 0 aliphatic carbocycles. The van der Waals surface area contributed by atoms with E-state index in [9.17, 15) is 0 Å². The number of fused-ring (bicyclic) bond motifs is 12. The zero-order valence-electron chi connectivity index (χ0n) is 86.8. The van der Waals surface area contributed by atoms with Gasteiger partial charge in [0.1, 0.15) is 0 Å². The fourth-order valence-corrected chi connectivity index (χ4v) is 28.5. The average Bonchev–Trinajstić information content (AvgIpc) is 0.798. The van der Waals surface area contributed by atoms with Gasteiger partial charge in [0, 0.05) is 98.0 Å². The Morgan fingerprint density at radius 2 is 0.347 bits per heavy atom. The van der Waals surface area contributed by atoms with Crippen LogP contribution in [0.15, 0.2) is 290 Å². The van der Waals surface area contributed by atoms with Crippen molar-refractivity contribution in [2.24, 2.45) is 0 Å². The predicted molar refractivity (Wildman–Crippen MR) is 639 cm³/mol. The molecule has 12 aromatic rings. The highest BCUT2D eigenvalue weighted by molar-refractivity contribution is 8.01. The third-order valence-corrected chi connectivity index (χ3v) is 36.2. The van der Waals surface area contributed by atoms with Crippen molar-refractivity contribution in [3.63, 3.8) is 0 Å². The topological polar surface area (TPSA) is 19.4 Å². The van der Waals surface area contributed by atoms with Crippen LogP contribution in [0.1, 0.15) is 334 Å². The van der Waals surface area contributed by atoms with E-state index < -0.39 is 0 Å². The molecule has 0 saturated carbocycles. The van der Waals surface area contributed by atoms with Gasteiger partial charge in [0.15, 0.2) is 0 Å². The molecule has 0 spiro atoms. The summed E-state index contributed by atoms with van der Waals surface area (Å²) in [5.74, 6) is 0. The van der Waals surface area contributed by atoms with Gasteiger partial charge in [-0.05, 0) is 239 Å². The molecule has 0 amide bonds. The molecule has 12 aromatic carbocycles. The summed E-state index contributed by atoms with van der Waals surface area (Å²) in [5, 5.41) is 0. The van der Waals surface area contributed by atoms with Gasteiger partial charge in [-0.25, -0.2) is 0 Å². The Hall–Kier alpha value is -10.0. The Morgan fingerprint density at radius 3 is 0.562 bits per heavy atom. The second kappa shape index (κ2) is 53.0. The van der Waals surface area contributed by atoms with E-state index >= 15 is 0 Å². The van der Waals surface area contributed by atoms with Crippen molar-refractivity contribution in [1.82, 2.24) is 0 Å². The summed E-state index contributed by atoms with van der Waals surface area (Å²) in [4.78, 5) is 31.5. The number of hydrogen-bond acceptors (Lipinski definition) is 12. The highest BCUT2D eigenvalue weighted by Gasteiger charge is 2.32. The molecule has 0 unspecified atom stereocenters. The SMILES string of the molecule is C=Cc1cccc2c1Sc1cc(/C=C/c3ccc4c(c3)Sc3cc(/C=C/c5ccc6c(c5)Sc5cc(/C=C/c7ccc8c(c7)Sc7cc(/C=C/c9ccc%10c(c9)Sc9cc(/C=C/c%11ccc%12c(c%11)Sc%11ccccc%11N%12CCCCCCCC)ccc9N%10CCCCCCCC)ccc7N8CCCCCCCC)ccc5N6CCCCCCCC)ccc3N4CCCCCCCC)ccc1N2CCCCCCCC. The molecule has 0 radical (unpaired) electrons. The van der Waals surface area contributed by atoms with Gasteiger partial charge in [0.05, 0.1) is 68.2 Å². The first-order valence-corrected chi connectivity index (χ1v) is 60.4. The van der Waals surface area contributed by atoms with Crippen molar-refractivity contribution in [2.75, 3.05) is 68.7 Å². The van der Waals surface area contributed by atoms with E-state index in [0.29, 0.717) is 0 Å². The molecular formula is C132H152N6S6. The molecule has 0 fully saturated rings. The van der Waals surface area contributed by atoms with Crippen LogP contribution in [0.4, 0.5) is 68.2 Å². The minimum absolute atomic E-state index is 0.999. The largest absolute Gasteiger partial charge is 0.340 e. The minimum atomic E-state index is 0.999. The molecule has 144 heavy (non-hydrogen) atoms. The van der Waals surface area contributed by atoms with Crippen molar-refractivity contribution < 1.29 is 0 Å². The molecule has 6 aliphatic heterocycles. The Labute approximate surface area is 890 Å². The summed E-state index contributed by atoms with van der Waals surface area (Å²) in [6.45, 7) is 24.2. The van der Waals surface area contributed by atoms with Crippen LogP contribution in [0.25, 0.3) is 66.8 Å². The molecule has 0 bridgehead atoms. The van der Waals surface area contributed by atoms with Gasteiger partial charge in [-0.15, -0.1) is 0 Å². The first-order valence-electron chi connectivity index (χ1n) is 55.5. The van der Waals surface area contributed by atoms with Gasteiger partial charge in [0.2, 0.25) is 0 Å². The van der Waals surface area contributed by atoms with Crippen molar-refractivity contribution >= 4 is 206 Å². The van der Waals surface area contributed by atoms with Gasteiger partial charge in [-0.2, -0.15) is 0 Å².